The van der Waals surface area contributed by atoms with E-state index in [9.17, 15) is 9.59 Å². The van der Waals surface area contributed by atoms with Gasteiger partial charge in [-0.1, -0.05) is 44.2 Å². The van der Waals surface area contributed by atoms with E-state index in [2.05, 4.69) is 0 Å². The van der Waals surface area contributed by atoms with Gasteiger partial charge in [-0.25, -0.2) is 9.59 Å². The van der Waals surface area contributed by atoms with Crippen LogP contribution >= 0.6 is 0 Å². The zero-order valence-corrected chi connectivity index (χ0v) is 14.8. The van der Waals surface area contributed by atoms with Crippen LogP contribution in [0.25, 0.3) is 0 Å². The van der Waals surface area contributed by atoms with E-state index in [0.717, 1.165) is 5.56 Å². The van der Waals surface area contributed by atoms with Gasteiger partial charge in [-0.15, -0.1) is 0 Å². The molecule has 5 nitrogen and oxygen atoms in total. The summed E-state index contributed by atoms with van der Waals surface area (Å²) in [6.45, 7) is 9.29. The van der Waals surface area contributed by atoms with Crippen LogP contribution in [0.2, 0.25) is 0 Å². The molecule has 0 spiro atoms. The standard InChI is InChI=1S/C18H27NO4/c1-13(2)15(19(6)17(21)23-18(3,4)5)16(20)22-12-14-10-8-7-9-11-14/h7-11,13,15H,12H2,1-6H3/t15-/m0/s1. The number of benzene rings is 1. The fourth-order valence-electron chi connectivity index (χ4n) is 2.14. The van der Waals surface area contributed by atoms with Gasteiger partial charge in [0.1, 0.15) is 18.2 Å². The maximum atomic E-state index is 12.4. The van der Waals surface area contributed by atoms with Gasteiger partial charge in [0.15, 0.2) is 0 Å². The van der Waals surface area contributed by atoms with E-state index in [-0.39, 0.29) is 12.5 Å². The van der Waals surface area contributed by atoms with Crippen molar-refractivity contribution in [2.45, 2.75) is 52.9 Å². The Balaban J connectivity index is 2.72. The summed E-state index contributed by atoms with van der Waals surface area (Å²) < 4.78 is 10.7. The molecule has 0 bridgehead atoms. The van der Waals surface area contributed by atoms with Crippen molar-refractivity contribution in [3.63, 3.8) is 0 Å². The molecule has 0 N–H and O–H groups in total. The SMILES string of the molecule is CC(C)[C@@H](C(=O)OCc1ccccc1)N(C)C(=O)OC(C)(C)C. The molecule has 0 heterocycles. The molecule has 0 aliphatic carbocycles. The molecule has 5 heteroatoms. The maximum absolute atomic E-state index is 12.4. The molecule has 0 aromatic heterocycles. The lowest BCUT2D eigenvalue weighted by molar-refractivity contribution is -0.152. The highest BCUT2D eigenvalue weighted by molar-refractivity contribution is 5.81. The molecular weight excluding hydrogens is 294 g/mol. The highest BCUT2D eigenvalue weighted by atomic mass is 16.6. The molecule has 1 amide bonds. The molecule has 1 atom stereocenters. The van der Waals surface area contributed by atoms with Gasteiger partial charge in [0.05, 0.1) is 0 Å². The third-order valence-corrected chi connectivity index (χ3v) is 3.20. The average molecular weight is 321 g/mol. The Hall–Kier alpha value is -2.04. The first-order chi connectivity index (χ1) is 10.6. The predicted molar refractivity (Wildman–Crippen MR) is 88.9 cm³/mol. The zero-order chi connectivity index (χ0) is 17.6. The Kier molecular flexibility index (Phi) is 6.61. The fraction of sp³-hybridized carbons (Fsp3) is 0.556. The molecule has 0 aliphatic heterocycles. The third kappa shape index (κ3) is 6.30. The quantitative estimate of drug-likeness (QED) is 0.777. The van der Waals surface area contributed by atoms with Crippen molar-refractivity contribution in [1.82, 2.24) is 4.90 Å². The van der Waals surface area contributed by atoms with Crippen molar-refractivity contribution in [3.05, 3.63) is 35.9 Å². The molecule has 0 unspecified atom stereocenters. The van der Waals surface area contributed by atoms with Crippen LogP contribution in [0.5, 0.6) is 0 Å². The monoisotopic (exact) mass is 321 g/mol. The topological polar surface area (TPSA) is 55.8 Å². The molecule has 0 fully saturated rings. The smallest absolute Gasteiger partial charge is 0.410 e. The second-order valence-corrected chi connectivity index (χ2v) is 6.87. The highest BCUT2D eigenvalue weighted by Gasteiger charge is 2.33. The summed E-state index contributed by atoms with van der Waals surface area (Å²) in [5.74, 6) is -0.520. The van der Waals surface area contributed by atoms with Crippen molar-refractivity contribution in [2.75, 3.05) is 7.05 Å². The van der Waals surface area contributed by atoms with E-state index in [0.29, 0.717) is 0 Å². The molecule has 0 saturated heterocycles. The third-order valence-electron chi connectivity index (χ3n) is 3.20. The van der Waals surface area contributed by atoms with Crippen molar-refractivity contribution >= 4 is 12.1 Å². The summed E-state index contributed by atoms with van der Waals surface area (Å²) in [5, 5.41) is 0. The van der Waals surface area contributed by atoms with Crippen molar-refractivity contribution in [1.29, 1.82) is 0 Å². The number of esters is 1. The number of ether oxygens (including phenoxy) is 2. The number of amides is 1. The van der Waals surface area contributed by atoms with Crippen molar-refractivity contribution in [3.8, 4) is 0 Å². The van der Waals surface area contributed by atoms with E-state index in [1.807, 2.05) is 44.2 Å². The Morgan fingerprint density at radius 3 is 2.17 bits per heavy atom. The lowest BCUT2D eigenvalue weighted by atomic mass is 10.0. The minimum atomic E-state index is -0.687. The summed E-state index contributed by atoms with van der Waals surface area (Å²) in [6.07, 6.45) is -0.534. The van der Waals surface area contributed by atoms with Crippen LogP contribution in [-0.4, -0.2) is 35.7 Å². The Morgan fingerprint density at radius 2 is 1.70 bits per heavy atom. The predicted octanol–water partition coefficient (Wildman–Crippen LogP) is 3.62. The molecule has 128 valence electrons. The van der Waals surface area contributed by atoms with Gasteiger partial charge < -0.3 is 9.47 Å². The summed E-state index contributed by atoms with van der Waals surface area (Å²) in [6, 6.07) is 8.75. The normalized spacial score (nSPS) is 12.7. The van der Waals surface area contributed by atoms with Gasteiger partial charge >= 0.3 is 12.1 Å². The van der Waals surface area contributed by atoms with Crippen LogP contribution in [-0.2, 0) is 20.9 Å². The fourth-order valence-corrected chi connectivity index (χ4v) is 2.14. The first-order valence-corrected chi connectivity index (χ1v) is 7.78. The molecule has 0 aliphatic rings. The summed E-state index contributed by atoms with van der Waals surface area (Å²) in [4.78, 5) is 25.9. The van der Waals surface area contributed by atoms with E-state index in [1.54, 1.807) is 27.8 Å². The number of carbonyl (C=O) groups is 2. The van der Waals surface area contributed by atoms with Gasteiger partial charge in [-0.05, 0) is 32.3 Å². The number of hydrogen-bond acceptors (Lipinski definition) is 4. The molecule has 23 heavy (non-hydrogen) atoms. The lowest BCUT2D eigenvalue weighted by Crippen LogP contribution is -2.48. The molecule has 1 aromatic carbocycles. The Labute approximate surface area is 138 Å². The average Bonchev–Trinajstić information content (AvgIpc) is 2.44. The van der Waals surface area contributed by atoms with Crippen molar-refractivity contribution in [2.24, 2.45) is 5.92 Å². The number of rotatable bonds is 5. The van der Waals surface area contributed by atoms with E-state index >= 15 is 0 Å². The van der Waals surface area contributed by atoms with Gasteiger partial charge in [0, 0.05) is 7.05 Å². The zero-order valence-electron chi connectivity index (χ0n) is 14.8. The van der Waals surface area contributed by atoms with Crippen LogP contribution in [0, 0.1) is 5.92 Å². The van der Waals surface area contributed by atoms with Gasteiger partial charge in [0.2, 0.25) is 0 Å². The molecule has 0 saturated carbocycles. The van der Waals surface area contributed by atoms with Gasteiger partial charge in [0.25, 0.3) is 0 Å². The highest BCUT2D eigenvalue weighted by Crippen LogP contribution is 2.16. The number of carbonyl (C=O) groups excluding carboxylic acids is 2. The minimum absolute atomic E-state index is 0.0872. The summed E-state index contributed by atoms with van der Waals surface area (Å²) in [5.41, 5.74) is 0.296. The maximum Gasteiger partial charge on any atom is 0.410 e. The van der Waals surface area contributed by atoms with Crippen LogP contribution < -0.4 is 0 Å². The number of hydrogen-bond donors (Lipinski definition) is 0. The van der Waals surface area contributed by atoms with Crippen LogP contribution in [0.15, 0.2) is 30.3 Å². The second-order valence-electron chi connectivity index (χ2n) is 6.87. The largest absolute Gasteiger partial charge is 0.459 e. The van der Waals surface area contributed by atoms with Gasteiger partial charge in [-0.3, -0.25) is 4.90 Å². The Bertz CT molecular complexity index is 520. The van der Waals surface area contributed by atoms with Crippen LogP contribution in [0.4, 0.5) is 4.79 Å². The molecule has 0 radical (unpaired) electrons. The number of nitrogens with zero attached hydrogens (tertiary/aromatic N) is 1. The van der Waals surface area contributed by atoms with Gasteiger partial charge in [-0.2, -0.15) is 0 Å². The van der Waals surface area contributed by atoms with Crippen LogP contribution in [0.3, 0.4) is 0 Å². The summed E-state index contributed by atoms with van der Waals surface area (Å²) >= 11 is 0. The molecular formula is C18H27NO4. The first kappa shape index (κ1) is 19.0. The van der Waals surface area contributed by atoms with Crippen LogP contribution in [0.1, 0.15) is 40.2 Å². The Morgan fingerprint density at radius 1 is 1.13 bits per heavy atom. The second kappa shape index (κ2) is 7.99. The minimum Gasteiger partial charge on any atom is -0.459 e. The molecule has 1 rings (SSSR count). The van der Waals surface area contributed by atoms with E-state index in [1.165, 1.54) is 4.90 Å². The first-order valence-electron chi connectivity index (χ1n) is 7.78. The lowest BCUT2D eigenvalue weighted by Gasteiger charge is -2.31. The summed E-state index contributed by atoms with van der Waals surface area (Å²) in [7, 11) is 1.56. The van der Waals surface area contributed by atoms with E-state index < -0.39 is 23.7 Å². The number of likely N-dealkylation sites (N-methyl/N-ethyl adjacent to an activating group) is 1. The van der Waals surface area contributed by atoms with E-state index in [4.69, 9.17) is 9.47 Å². The van der Waals surface area contributed by atoms with Crippen molar-refractivity contribution < 1.29 is 19.1 Å². The molecule has 1 aromatic rings.